The van der Waals surface area contributed by atoms with Gasteiger partial charge < -0.3 is 10.2 Å². The number of nitrogens with one attached hydrogen (secondary N) is 1. The van der Waals surface area contributed by atoms with Gasteiger partial charge in [-0.15, -0.1) is 11.3 Å². The van der Waals surface area contributed by atoms with Gasteiger partial charge in [-0.25, -0.2) is 13.2 Å². The fourth-order valence-corrected chi connectivity index (χ4v) is 6.20. The molecule has 2 amide bonds. The predicted molar refractivity (Wildman–Crippen MR) is 108 cm³/mol. The Morgan fingerprint density at radius 3 is 2.33 bits per heavy atom. The number of sulfonamides is 1. The second-order valence-electron chi connectivity index (χ2n) is 6.13. The average molecular weight is 448 g/mol. The van der Waals surface area contributed by atoms with Gasteiger partial charge in [0.05, 0.1) is 16.6 Å². The van der Waals surface area contributed by atoms with Gasteiger partial charge in [0.15, 0.2) is 0 Å². The topological polar surface area (TPSA) is 69.7 Å². The number of halogens is 2. The van der Waals surface area contributed by atoms with Gasteiger partial charge in [-0.1, -0.05) is 29.3 Å². The molecule has 27 heavy (non-hydrogen) atoms. The second-order valence-corrected chi connectivity index (χ2v) is 9.82. The zero-order valence-corrected chi connectivity index (χ0v) is 17.8. The summed E-state index contributed by atoms with van der Waals surface area (Å²) >= 11 is 13.7. The van der Waals surface area contributed by atoms with Gasteiger partial charge in [0.1, 0.15) is 4.90 Å². The number of thiophene rings is 1. The van der Waals surface area contributed by atoms with Crippen LogP contribution in [0.1, 0.15) is 10.4 Å². The maximum atomic E-state index is 12.9. The van der Waals surface area contributed by atoms with Gasteiger partial charge in [0, 0.05) is 31.1 Å². The molecule has 0 unspecified atom stereocenters. The predicted octanol–water partition coefficient (Wildman–Crippen LogP) is 3.58. The Morgan fingerprint density at radius 1 is 1.15 bits per heavy atom. The van der Waals surface area contributed by atoms with E-state index in [1.54, 1.807) is 22.3 Å². The standard InChI is InChI=1S/C17H19Cl2N3O3S2/c1-12-5-10-26-15(12)11-20-17(23)21-6-8-22(9-7-21)27(24,25)16-13(18)3-2-4-14(16)19/h2-5,10H,6-9,11H2,1H3,(H,20,23). The van der Waals surface area contributed by atoms with Crippen molar-refractivity contribution in [2.75, 3.05) is 26.2 Å². The summed E-state index contributed by atoms with van der Waals surface area (Å²) in [6, 6.07) is 6.40. The van der Waals surface area contributed by atoms with E-state index < -0.39 is 10.0 Å². The summed E-state index contributed by atoms with van der Waals surface area (Å²) in [5, 5.41) is 5.06. The van der Waals surface area contributed by atoms with Crippen LogP contribution in [0.15, 0.2) is 34.5 Å². The van der Waals surface area contributed by atoms with E-state index in [1.165, 1.54) is 16.4 Å². The van der Waals surface area contributed by atoms with E-state index >= 15 is 0 Å². The van der Waals surface area contributed by atoms with Crippen LogP contribution in [0, 0.1) is 6.92 Å². The van der Waals surface area contributed by atoms with Crippen LogP contribution in [0.4, 0.5) is 4.79 Å². The van der Waals surface area contributed by atoms with Crippen LogP contribution in [0.25, 0.3) is 0 Å². The van der Waals surface area contributed by atoms with Gasteiger partial charge in [-0.2, -0.15) is 4.31 Å². The van der Waals surface area contributed by atoms with E-state index in [4.69, 9.17) is 23.2 Å². The maximum absolute atomic E-state index is 12.9. The normalized spacial score (nSPS) is 15.7. The Morgan fingerprint density at radius 2 is 1.78 bits per heavy atom. The summed E-state index contributed by atoms with van der Waals surface area (Å²) < 4.78 is 27.0. The lowest BCUT2D eigenvalue weighted by Gasteiger charge is -2.34. The molecule has 1 fully saturated rings. The Bertz CT molecular complexity index is 918. The van der Waals surface area contributed by atoms with Crippen molar-refractivity contribution in [3.05, 3.63) is 50.1 Å². The van der Waals surface area contributed by atoms with Crippen LogP contribution in [0.2, 0.25) is 10.0 Å². The molecule has 146 valence electrons. The third-order valence-corrected chi connectivity index (χ3v) is 8.29. The summed E-state index contributed by atoms with van der Waals surface area (Å²) in [6.45, 7) is 3.45. The number of piperazine rings is 1. The van der Waals surface area contributed by atoms with Crippen LogP contribution >= 0.6 is 34.5 Å². The Kier molecular flexibility index (Phi) is 6.32. The number of hydrogen-bond donors (Lipinski definition) is 1. The lowest BCUT2D eigenvalue weighted by atomic mass is 10.3. The Labute approximate surface area is 172 Å². The lowest BCUT2D eigenvalue weighted by Crippen LogP contribution is -2.53. The molecule has 0 radical (unpaired) electrons. The first-order chi connectivity index (χ1) is 12.8. The monoisotopic (exact) mass is 447 g/mol. The molecule has 1 aliphatic heterocycles. The molecule has 0 spiro atoms. The molecule has 1 aromatic carbocycles. The van der Waals surface area contributed by atoms with Crippen LogP contribution in [-0.2, 0) is 16.6 Å². The summed E-state index contributed by atoms with van der Waals surface area (Å²) in [5.74, 6) is 0. The number of amides is 2. The summed E-state index contributed by atoms with van der Waals surface area (Å²) in [5.41, 5.74) is 1.15. The molecular formula is C17H19Cl2N3O3S2. The maximum Gasteiger partial charge on any atom is 0.317 e. The highest BCUT2D eigenvalue weighted by molar-refractivity contribution is 7.89. The van der Waals surface area contributed by atoms with Crippen molar-refractivity contribution in [1.29, 1.82) is 0 Å². The number of carbonyl (C=O) groups is 1. The summed E-state index contributed by atoms with van der Waals surface area (Å²) in [6.07, 6.45) is 0. The number of benzene rings is 1. The smallest absolute Gasteiger partial charge is 0.317 e. The first-order valence-corrected chi connectivity index (χ1v) is 11.4. The van der Waals surface area contributed by atoms with Crippen molar-refractivity contribution < 1.29 is 13.2 Å². The quantitative estimate of drug-likeness (QED) is 0.778. The second kappa shape index (κ2) is 8.36. The zero-order chi connectivity index (χ0) is 19.6. The molecule has 1 aliphatic rings. The molecular weight excluding hydrogens is 429 g/mol. The molecule has 6 nitrogen and oxygen atoms in total. The molecule has 2 heterocycles. The average Bonchev–Trinajstić information content (AvgIpc) is 3.04. The first-order valence-electron chi connectivity index (χ1n) is 8.30. The molecule has 1 N–H and O–H groups in total. The van der Waals surface area contributed by atoms with E-state index in [2.05, 4.69) is 5.32 Å². The molecule has 2 aromatic rings. The highest BCUT2D eigenvalue weighted by Gasteiger charge is 2.32. The number of carbonyl (C=O) groups excluding carboxylic acids is 1. The number of urea groups is 1. The van der Waals surface area contributed by atoms with Crippen LogP contribution in [0.3, 0.4) is 0 Å². The number of hydrogen-bond acceptors (Lipinski definition) is 4. The van der Waals surface area contributed by atoms with Crippen molar-refractivity contribution in [2.45, 2.75) is 18.4 Å². The highest BCUT2D eigenvalue weighted by Crippen LogP contribution is 2.31. The molecule has 1 aromatic heterocycles. The van der Waals surface area contributed by atoms with E-state index in [1.807, 2.05) is 18.4 Å². The number of nitrogens with zero attached hydrogens (tertiary/aromatic N) is 2. The van der Waals surface area contributed by atoms with E-state index in [0.717, 1.165) is 10.4 Å². The minimum atomic E-state index is -3.81. The Balaban J connectivity index is 1.61. The summed E-state index contributed by atoms with van der Waals surface area (Å²) in [7, 11) is -3.81. The molecule has 1 saturated heterocycles. The van der Waals surface area contributed by atoms with E-state index in [-0.39, 0.29) is 34.1 Å². The van der Waals surface area contributed by atoms with Gasteiger partial charge >= 0.3 is 6.03 Å². The van der Waals surface area contributed by atoms with Crippen molar-refractivity contribution in [1.82, 2.24) is 14.5 Å². The van der Waals surface area contributed by atoms with Gasteiger partial charge in [0.25, 0.3) is 0 Å². The fourth-order valence-electron chi connectivity index (χ4n) is 2.84. The molecule has 0 atom stereocenters. The van der Waals surface area contributed by atoms with E-state index in [9.17, 15) is 13.2 Å². The largest absolute Gasteiger partial charge is 0.333 e. The number of aryl methyl sites for hydroxylation is 1. The van der Waals surface area contributed by atoms with Crippen LogP contribution in [0.5, 0.6) is 0 Å². The highest BCUT2D eigenvalue weighted by atomic mass is 35.5. The summed E-state index contributed by atoms with van der Waals surface area (Å²) in [4.78, 5) is 15.0. The minimum Gasteiger partial charge on any atom is -0.333 e. The van der Waals surface area contributed by atoms with Gasteiger partial charge in [0.2, 0.25) is 10.0 Å². The molecule has 0 bridgehead atoms. The Hall–Kier alpha value is -1.32. The SMILES string of the molecule is Cc1ccsc1CNC(=O)N1CCN(S(=O)(=O)c2c(Cl)cccc2Cl)CC1. The number of rotatable bonds is 4. The third kappa shape index (κ3) is 4.41. The molecule has 0 aliphatic carbocycles. The molecule has 0 saturated carbocycles. The van der Waals surface area contributed by atoms with Gasteiger partial charge in [-0.3, -0.25) is 0 Å². The van der Waals surface area contributed by atoms with Crippen molar-refractivity contribution in [2.24, 2.45) is 0 Å². The van der Waals surface area contributed by atoms with E-state index in [0.29, 0.717) is 19.6 Å². The zero-order valence-electron chi connectivity index (χ0n) is 14.6. The van der Waals surface area contributed by atoms with Crippen molar-refractivity contribution in [3.8, 4) is 0 Å². The first kappa shape index (κ1) is 20.4. The minimum absolute atomic E-state index is 0.0839. The van der Waals surface area contributed by atoms with Crippen molar-refractivity contribution >= 4 is 50.6 Å². The van der Waals surface area contributed by atoms with Crippen LogP contribution < -0.4 is 5.32 Å². The van der Waals surface area contributed by atoms with Crippen molar-refractivity contribution in [3.63, 3.8) is 0 Å². The van der Waals surface area contributed by atoms with Crippen LogP contribution in [-0.4, -0.2) is 49.8 Å². The fraction of sp³-hybridized carbons (Fsp3) is 0.353. The van der Waals surface area contributed by atoms with Gasteiger partial charge in [-0.05, 0) is 36.1 Å². The molecule has 10 heteroatoms. The lowest BCUT2D eigenvalue weighted by molar-refractivity contribution is 0.172. The third-order valence-electron chi connectivity index (χ3n) is 4.41. The molecule has 3 rings (SSSR count).